The zero-order chi connectivity index (χ0) is 9.14. The Morgan fingerprint density at radius 2 is 2.25 bits per heavy atom. The van der Waals surface area contributed by atoms with Crippen molar-refractivity contribution < 1.29 is 4.79 Å². The molecule has 1 rings (SSSR count). The number of hydrogen-bond donors (Lipinski definition) is 1. The van der Waals surface area contributed by atoms with Crippen molar-refractivity contribution >= 4 is 41.5 Å². The van der Waals surface area contributed by atoms with Crippen molar-refractivity contribution in [3.8, 4) is 0 Å². The predicted molar refractivity (Wildman–Crippen MR) is 60.9 cm³/mol. The quantitative estimate of drug-likeness (QED) is 0.504. The molecular formula is C9H9IOS. The molecule has 1 nitrogen and oxygen atoms in total. The summed E-state index contributed by atoms with van der Waals surface area (Å²) in [6, 6.07) is 5.81. The Kier molecular flexibility index (Phi) is 3.58. The molecule has 1 atom stereocenters. The molecule has 3 heteroatoms. The summed E-state index contributed by atoms with van der Waals surface area (Å²) >= 11 is 6.42. The molecule has 1 aromatic rings. The highest BCUT2D eigenvalue weighted by atomic mass is 127. The van der Waals surface area contributed by atoms with Crippen molar-refractivity contribution in [2.45, 2.75) is 17.7 Å². The highest BCUT2D eigenvalue weighted by Crippen LogP contribution is 2.22. The Balaban J connectivity index is 3.09. The van der Waals surface area contributed by atoms with Gasteiger partial charge in [-0.2, -0.15) is 0 Å². The van der Waals surface area contributed by atoms with Gasteiger partial charge in [-0.3, -0.25) is 0 Å². The molecule has 0 heterocycles. The van der Waals surface area contributed by atoms with Crippen LogP contribution in [0.25, 0.3) is 0 Å². The normalized spacial score (nSPS) is 12.6. The Labute approximate surface area is 91.1 Å². The summed E-state index contributed by atoms with van der Waals surface area (Å²) in [5.74, 6) is -0.0224. The molecule has 0 aliphatic carbocycles. The van der Waals surface area contributed by atoms with Crippen LogP contribution in [-0.4, -0.2) is 6.29 Å². The minimum atomic E-state index is -0.0224. The van der Waals surface area contributed by atoms with Crippen molar-refractivity contribution in [3.63, 3.8) is 0 Å². The van der Waals surface area contributed by atoms with Gasteiger partial charge in [0.1, 0.15) is 6.29 Å². The highest BCUT2D eigenvalue weighted by molar-refractivity contribution is 14.1. The Morgan fingerprint density at radius 3 is 2.75 bits per heavy atom. The Bertz CT molecular complexity index is 299. The van der Waals surface area contributed by atoms with Crippen molar-refractivity contribution in [2.75, 3.05) is 0 Å². The molecule has 0 radical (unpaired) electrons. The number of carbonyl (C=O) groups is 1. The van der Waals surface area contributed by atoms with Crippen molar-refractivity contribution in [1.82, 2.24) is 0 Å². The Hall–Kier alpha value is -0.0300. The number of thiol groups is 1. The number of halogens is 1. The summed E-state index contributed by atoms with van der Waals surface area (Å²) in [5.41, 5.74) is 1.07. The fourth-order valence-corrected chi connectivity index (χ4v) is 2.42. The van der Waals surface area contributed by atoms with Gasteiger partial charge in [-0.1, -0.05) is 13.0 Å². The van der Waals surface area contributed by atoms with Gasteiger partial charge in [-0.15, -0.1) is 12.6 Å². The largest absolute Gasteiger partial charge is 0.303 e. The van der Waals surface area contributed by atoms with Crippen LogP contribution < -0.4 is 0 Å². The minimum Gasteiger partial charge on any atom is -0.303 e. The third-order valence-electron chi connectivity index (χ3n) is 1.68. The summed E-state index contributed by atoms with van der Waals surface area (Å²) in [4.78, 5) is 11.5. The molecule has 0 bridgehead atoms. The van der Waals surface area contributed by atoms with E-state index in [1.165, 1.54) is 0 Å². The van der Waals surface area contributed by atoms with E-state index in [4.69, 9.17) is 0 Å². The van der Waals surface area contributed by atoms with Crippen LogP contribution in [0.2, 0.25) is 0 Å². The van der Waals surface area contributed by atoms with Gasteiger partial charge in [0.2, 0.25) is 0 Å². The average molecular weight is 292 g/mol. The molecule has 0 aliphatic heterocycles. The van der Waals surface area contributed by atoms with E-state index in [0.717, 1.165) is 20.3 Å². The van der Waals surface area contributed by atoms with Gasteiger partial charge in [-0.25, -0.2) is 0 Å². The van der Waals surface area contributed by atoms with E-state index in [-0.39, 0.29) is 5.92 Å². The van der Waals surface area contributed by atoms with Gasteiger partial charge < -0.3 is 4.79 Å². The molecule has 0 saturated carbocycles. The zero-order valence-electron chi connectivity index (χ0n) is 6.62. The first-order valence-electron chi connectivity index (χ1n) is 3.59. The average Bonchev–Trinajstić information content (AvgIpc) is 2.03. The van der Waals surface area contributed by atoms with Crippen LogP contribution in [0.4, 0.5) is 0 Å². The lowest BCUT2D eigenvalue weighted by Gasteiger charge is -2.06. The second-order valence-corrected chi connectivity index (χ2v) is 4.31. The number of rotatable bonds is 2. The van der Waals surface area contributed by atoms with Gasteiger partial charge in [-0.05, 0) is 40.3 Å². The highest BCUT2D eigenvalue weighted by Gasteiger charge is 2.07. The summed E-state index contributed by atoms with van der Waals surface area (Å²) in [6.07, 6.45) is 0.954. The maximum absolute atomic E-state index is 10.5. The molecule has 64 valence electrons. The number of carbonyl (C=O) groups excluding carboxylic acids is 1. The van der Waals surface area contributed by atoms with E-state index in [0.29, 0.717) is 0 Å². The molecule has 0 amide bonds. The second-order valence-electron chi connectivity index (χ2n) is 2.63. The van der Waals surface area contributed by atoms with E-state index in [9.17, 15) is 4.79 Å². The van der Waals surface area contributed by atoms with E-state index >= 15 is 0 Å². The SMILES string of the molecule is CC(C=O)c1ccc(S)cc1I. The van der Waals surface area contributed by atoms with Crippen molar-refractivity contribution in [1.29, 1.82) is 0 Å². The standard InChI is InChI=1S/C9H9IOS/c1-6(5-11)8-3-2-7(12)4-9(8)10/h2-6,12H,1H3. The van der Waals surface area contributed by atoms with E-state index in [1.54, 1.807) is 0 Å². The van der Waals surface area contributed by atoms with Crippen molar-refractivity contribution in [3.05, 3.63) is 27.3 Å². The fourth-order valence-electron chi connectivity index (χ4n) is 0.959. The summed E-state index contributed by atoms with van der Waals surface area (Å²) in [6.45, 7) is 1.89. The summed E-state index contributed by atoms with van der Waals surface area (Å²) < 4.78 is 1.10. The first-order chi connectivity index (χ1) is 5.65. The molecule has 1 unspecified atom stereocenters. The number of aldehydes is 1. The monoisotopic (exact) mass is 292 g/mol. The molecule has 12 heavy (non-hydrogen) atoms. The fraction of sp³-hybridized carbons (Fsp3) is 0.222. The van der Waals surface area contributed by atoms with E-state index < -0.39 is 0 Å². The molecule has 0 spiro atoms. The van der Waals surface area contributed by atoms with Gasteiger partial charge in [0.05, 0.1) is 0 Å². The Morgan fingerprint density at radius 1 is 1.58 bits per heavy atom. The molecule has 0 saturated heterocycles. The van der Waals surface area contributed by atoms with Crippen LogP contribution in [-0.2, 0) is 4.79 Å². The predicted octanol–water partition coefficient (Wildman–Crippen LogP) is 2.88. The number of benzene rings is 1. The third-order valence-corrected chi connectivity index (χ3v) is 2.89. The first-order valence-corrected chi connectivity index (χ1v) is 5.11. The van der Waals surface area contributed by atoms with Crippen LogP contribution in [0.3, 0.4) is 0 Å². The summed E-state index contributed by atoms with van der Waals surface area (Å²) in [7, 11) is 0. The molecule has 0 N–H and O–H groups in total. The van der Waals surface area contributed by atoms with Gasteiger partial charge in [0.15, 0.2) is 0 Å². The van der Waals surface area contributed by atoms with Crippen LogP contribution in [0.5, 0.6) is 0 Å². The van der Waals surface area contributed by atoms with E-state index in [1.807, 2.05) is 25.1 Å². The second kappa shape index (κ2) is 4.28. The molecule has 1 aromatic carbocycles. The van der Waals surface area contributed by atoms with Crippen LogP contribution in [0.1, 0.15) is 18.4 Å². The molecule has 0 fully saturated rings. The third kappa shape index (κ3) is 2.23. The van der Waals surface area contributed by atoms with Crippen LogP contribution in [0.15, 0.2) is 23.1 Å². The maximum atomic E-state index is 10.5. The first kappa shape index (κ1) is 10.1. The zero-order valence-corrected chi connectivity index (χ0v) is 9.67. The smallest absolute Gasteiger partial charge is 0.127 e. The minimum absolute atomic E-state index is 0.0224. The molecule has 0 aliphatic rings. The topological polar surface area (TPSA) is 17.1 Å². The lowest BCUT2D eigenvalue weighted by molar-refractivity contribution is -0.108. The van der Waals surface area contributed by atoms with Gasteiger partial charge in [0.25, 0.3) is 0 Å². The van der Waals surface area contributed by atoms with Crippen LogP contribution in [0, 0.1) is 3.57 Å². The summed E-state index contributed by atoms with van der Waals surface area (Å²) in [5, 5.41) is 0. The van der Waals surface area contributed by atoms with Crippen molar-refractivity contribution in [2.24, 2.45) is 0 Å². The maximum Gasteiger partial charge on any atom is 0.127 e. The lowest BCUT2D eigenvalue weighted by Crippen LogP contribution is -1.96. The molecular weight excluding hydrogens is 283 g/mol. The lowest BCUT2D eigenvalue weighted by atomic mass is 10.0. The number of hydrogen-bond acceptors (Lipinski definition) is 2. The van der Waals surface area contributed by atoms with E-state index in [2.05, 4.69) is 35.2 Å². The van der Waals surface area contributed by atoms with Gasteiger partial charge in [0, 0.05) is 14.4 Å². The van der Waals surface area contributed by atoms with Crippen LogP contribution >= 0.6 is 35.2 Å². The van der Waals surface area contributed by atoms with Gasteiger partial charge >= 0.3 is 0 Å². The molecule has 0 aromatic heterocycles.